The molecule has 4 heterocycles. The van der Waals surface area contributed by atoms with Crippen molar-refractivity contribution in [2.24, 2.45) is 10.4 Å². The van der Waals surface area contributed by atoms with Crippen LogP contribution in [0.25, 0.3) is 0 Å². The van der Waals surface area contributed by atoms with Crippen molar-refractivity contribution in [2.45, 2.75) is 33.6 Å². The van der Waals surface area contributed by atoms with Crippen LogP contribution >= 0.6 is 11.3 Å². The molecule has 1 N–H and O–H groups in total. The van der Waals surface area contributed by atoms with Gasteiger partial charge in [0, 0.05) is 44.0 Å². The summed E-state index contributed by atoms with van der Waals surface area (Å²) in [6.45, 7) is 11.0. The third-order valence-corrected chi connectivity index (χ3v) is 7.69. The lowest BCUT2D eigenvalue weighted by Crippen LogP contribution is -2.49. The molecule has 3 aliphatic rings. The van der Waals surface area contributed by atoms with E-state index in [0.29, 0.717) is 13.0 Å². The largest absolute Gasteiger partial charge is 0.353 e. The smallest absolute Gasteiger partial charge is 0.235 e. The van der Waals surface area contributed by atoms with E-state index in [2.05, 4.69) is 40.2 Å². The van der Waals surface area contributed by atoms with Crippen molar-refractivity contribution in [3.63, 3.8) is 0 Å². The lowest BCUT2D eigenvalue weighted by Gasteiger charge is -2.36. The summed E-state index contributed by atoms with van der Waals surface area (Å²) >= 11 is 1.77. The van der Waals surface area contributed by atoms with Crippen molar-refractivity contribution in [3.8, 4) is 0 Å². The van der Waals surface area contributed by atoms with E-state index >= 15 is 0 Å². The van der Waals surface area contributed by atoms with Crippen molar-refractivity contribution >= 4 is 45.4 Å². The topological polar surface area (TPSA) is 68.2 Å². The molecule has 0 atom stereocenters. The van der Waals surface area contributed by atoms with Crippen molar-refractivity contribution in [3.05, 3.63) is 40.8 Å². The van der Waals surface area contributed by atoms with Crippen LogP contribution in [0.5, 0.6) is 0 Å². The van der Waals surface area contributed by atoms with Crippen molar-refractivity contribution in [1.82, 2.24) is 14.7 Å². The monoisotopic (exact) mass is 465 g/mol. The van der Waals surface area contributed by atoms with Gasteiger partial charge in [0.05, 0.1) is 22.4 Å². The number of para-hydroxylation sites is 2. The molecule has 2 saturated heterocycles. The Balaban J connectivity index is 1.22. The number of rotatable bonds is 4. The Morgan fingerprint density at radius 3 is 2.58 bits per heavy atom. The highest BCUT2D eigenvalue weighted by atomic mass is 32.1. The van der Waals surface area contributed by atoms with Crippen LogP contribution in [0.4, 0.5) is 16.4 Å². The third-order valence-electron chi connectivity index (χ3n) is 6.72. The van der Waals surface area contributed by atoms with Gasteiger partial charge >= 0.3 is 0 Å². The summed E-state index contributed by atoms with van der Waals surface area (Å²) in [7, 11) is 0. The summed E-state index contributed by atoms with van der Waals surface area (Å²) in [5.74, 6) is 0.985. The fraction of sp³-hybridized carbons (Fsp3) is 0.480. The minimum atomic E-state index is -0.547. The van der Waals surface area contributed by atoms with Gasteiger partial charge in [-0.3, -0.25) is 19.4 Å². The second kappa shape index (κ2) is 8.57. The summed E-state index contributed by atoms with van der Waals surface area (Å²) in [5.41, 5.74) is 2.65. The number of anilines is 2. The van der Waals surface area contributed by atoms with E-state index in [0.717, 1.165) is 61.4 Å². The first-order valence-corrected chi connectivity index (χ1v) is 12.5. The van der Waals surface area contributed by atoms with Crippen LogP contribution in [0.15, 0.2) is 35.3 Å². The molecule has 2 fully saturated rings. The molecular formula is C25H31N5O2S. The fourth-order valence-electron chi connectivity index (χ4n) is 4.88. The van der Waals surface area contributed by atoms with Gasteiger partial charge in [0.25, 0.3) is 0 Å². The average Bonchev–Trinajstić information content (AvgIpc) is 3.17. The molecule has 33 heavy (non-hydrogen) atoms. The van der Waals surface area contributed by atoms with Crippen LogP contribution in [-0.4, -0.2) is 71.6 Å². The maximum absolute atomic E-state index is 12.4. The number of aryl methyl sites for hydroxylation is 1. The molecule has 0 unspecified atom stereocenters. The first-order valence-electron chi connectivity index (χ1n) is 11.7. The Bertz CT molecular complexity index is 1110. The molecule has 1 aromatic carbocycles. The van der Waals surface area contributed by atoms with E-state index in [4.69, 9.17) is 4.99 Å². The first kappa shape index (κ1) is 22.1. The van der Waals surface area contributed by atoms with Crippen molar-refractivity contribution in [1.29, 1.82) is 0 Å². The Labute approximate surface area is 199 Å². The quantitative estimate of drug-likeness (QED) is 0.692. The molecular weight excluding hydrogens is 434 g/mol. The zero-order valence-electron chi connectivity index (χ0n) is 19.6. The average molecular weight is 466 g/mol. The number of fused-ring (bicyclic) bond motifs is 2. The van der Waals surface area contributed by atoms with E-state index < -0.39 is 5.41 Å². The first-order chi connectivity index (χ1) is 15.8. The Hall–Kier alpha value is -2.71. The van der Waals surface area contributed by atoms with Crippen LogP contribution in [-0.2, 0) is 9.59 Å². The van der Waals surface area contributed by atoms with Crippen LogP contribution < -0.4 is 5.32 Å². The summed E-state index contributed by atoms with van der Waals surface area (Å²) in [6.07, 6.45) is 1.15. The third kappa shape index (κ3) is 4.29. The maximum atomic E-state index is 12.4. The molecule has 7 nitrogen and oxygen atoms in total. The number of hydrogen-bond donors (Lipinski definition) is 1. The lowest BCUT2D eigenvalue weighted by molar-refractivity contribution is -0.140. The predicted molar refractivity (Wildman–Crippen MR) is 133 cm³/mol. The zero-order chi connectivity index (χ0) is 23.2. The molecule has 2 amide bonds. The van der Waals surface area contributed by atoms with E-state index in [1.165, 1.54) is 15.3 Å². The fourth-order valence-corrected chi connectivity index (χ4v) is 5.80. The molecule has 0 aliphatic carbocycles. The van der Waals surface area contributed by atoms with E-state index in [1.807, 2.05) is 26.0 Å². The highest BCUT2D eigenvalue weighted by Gasteiger charge is 2.44. The number of piperazine rings is 1. The SMILES string of the molecule is Cc1cc2c(s1)Nc1ccccc1N=C2N1CCN(CCCN2C(=O)CC(C)(C)C2=O)CC1. The summed E-state index contributed by atoms with van der Waals surface area (Å²) < 4.78 is 0. The number of carbonyl (C=O) groups is 2. The number of hydrogen-bond acceptors (Lipinski definition) is 7. The minimum Gasteiger partial charge on any atom is -0.353 e. The van der Waals surface area contributed by atoms with Crippen molar-refractivity contribution < 1.29 is 9.59 Å². The van der Waals surface area contributed by atoms with E-state index in [-0.39, 0.29) is 11.8 Å². The molecule has 0 spiro atoms. The number of aliphatic imine (C=N–C) groups is 1. The summed E-state index contributed by atoms with van der Waals surface area (Å²) in [5, 5.41) is 4.73. The Kier molecular flexibility index (Phi) is 5.74. The van der Waals surface area contributed by atoms with Gasteiger partial charge in [0.2, 0.25) is 11.8 Å². The van der Waals surface area contributed by atoms with E-state index in [1.54, 1.807) is 11.3 Å². The van der Waals surface area contributed by atoms with Crippen LogP contribution in [0.1, 0.15) is 37.1 Å². The molecule has 0 radical (unpaired) electrons. The van der Waals surface area contributed by atoms with Gasteiger partial charge in [-0.05, 0) is 38.1 Å². The summed E-state index contributed by atoms with van der Waals surface area (Å²) in [6, 6.07) is 10.4. The summed E-state index contributed by atoms with van der Waals surface area (Å²) in [4.78, 5) is 37.2. The highest BCUT2D eigenvalue weighted by Crippen LogP contribution is 2.39. The predicted octanol–water partition coefficient (Wildman–Crippen LogP) is 3.98. The Morgan fingerprint density at radius 1 is 1.09 bits per heavy atom. The second-order valence-corrected chi connectivity index (χ2v) is 11.0. The van der Waals surface area contributed by atoms with Crippen molar-refractivity contribution in [2.75, 3.05) is 44.6 Å². The van der Waals surface area contributed by atoms with Gasteiger partial charge in [-0.1, -0.05) is 26.0 Å². The molecule has 0 saturated carbocycles. The number of benzene rings is 1. The normalized spacial score (nSPS) is 20.3. The number of nitrogens with zero attached hydrogens (tertiary/aromatic N) is 4. The number of amides is 2. The van der Waals surface area contributed by atoms with Gasteiger partial charge in [-0.15, -0.1) is 11.3 Å². The van der Waals surface area contributed by atoms with Gasteiger partial charge in [-0.2, -0.15) is 0 Å². The van der Waals surface area contributed by atoms with Crippen LogP contribution in [0, 0.1) is 12.3 Å². The zero-order valence-corrected chi connectivity index (χ0v) is 20.4. The highest BCUT2D eigenvalue weighted by molar-refractivity contribution is 7.16. The van der Waals surface area contributed by atoms with Gasteiger partial charge in [0.1, 0.15) is 10.8 Å². The molecule has 1 aromatic heterocycles. The van der Waals surface area contributed by atoms with E-state index in [9.17, 15) is 9.59 Å². The molecule has 174 valence electrons. The standard InChI is InChI=1S/C25H31N5O2S/c1-17-15-18-22(26-19-7-4-5-8-20(19)27-23(18)33-17)29-13-11-28(12-14-29)9-6-10-30-21(31)16-25(2,3)24(30)32/h4-5,7-8,15,27H,6,9-14,16H2,1-3H3. The minimum absolute atomic E-state index is 0.0283. The van der Waals surface area contributed by atoms with Crippen LogP contribution in [0.2, 0.25) is 0 Å². The molecule has 8 heteroatoms. The number of thiophene rings is 1. The number of carbonyl (C=O) groups excluding carboxylic acids is 2. The van der Waals surface area contributed by atoms with Gasteiger partial charge in [0.15, 0.2) is 0 Å². The number of likely N-dealkylation sites (tertiary alicyclic amines) is 1. The number of imide groups is 1. The van der Waals surface area contributed by atoms with Gasteiger partial charge < -0.3 is 10.2 Å². The Morgan fingerprint density at radius 2 is 1.85 bits per heavy atom. The maximum Gasteiger partial charge on any atom is 0.235 e. The number of nitrogens with one attached hydrogen (secondary N) is 1. The second-order valence-electron chi connectivity index (χ2n) is 9.77. The van der Waals surface area contributed by atoms with Crippen LogP contribution in [0.3, 0.4) is 0 Å². The molecule has 2 aromatic rings. The molecule has 0 bridgehead atoms. The molecule has 3 aliphatic heterocycles. The van der Waals surface area contributed by atoms with Gasteiger partial charge in [-0.25, -0.2) is 4.99 Å². The lowest BCUT2D eigenvalue weighted by atomic mass is 9.92. The molecule has 5 rings (SSSR count). The number of amidine groups is 1.